The standard InChI is InChI=1S/C61H96O5/c1-4-7-10-13-16-19-22-25-28-30-31-33-34-36-39-42-45-48-51-54-60(62)65-58-59(57-64-56-53-50-47-44-41-38-27-24-21-18-15-12-9-6-3)66-61(63)55-52-49-46-43-40-37-35-32-29-26-23-20-17-14-11-8-5-2/h7-8,10-12,15-17,19-21,24-26,28-29,31,33,35-37,39,43,46,59H,4-6,9,13-14,18,22-23,27,30,32,34,38,40-42,44-45,47-58H2,1-3H3/b10-7-,11-8-,15-12-,19-16-,20-17-,24-21-,28-25-,29-26-,33-31-,37-35-,39-36-,46-43-. The van der Waals surface area contributed by atoms with E-state index in [9.17, 15) is 9.59 Å². The molecule has 1 unspecified atom stereocenters. The van der Waals surface area contributed by atoms with Crippen LogP contribution in [0.15, 0.2) is 146 Å². The van der Waals surface area contributed by atoms with Gasteiger partial charge in [0.2, 0.25) is 0 Å². The summed E-state index contributed by atoms with van der Waals surface area (Å²) in [7, 11) is 0. The van der Waals surface area contributed by atoms with Gasteiger partial charge in [-0.1, -0.05) is 205 Å². The van der Waals surface area contributed by atoms with Crippen molar-refractivity contribution >= 4 is 11.9 Å². The molecule has 0 fully saturated rings. The minimum absolute atomic E-state index is 0.0306. The van der Waals surface area contributed by atoms with E-state index in [0.29, 0.717) is 25.9 Å². The van der Waals surface area contributed by atoms with Crippen LogP contribution in [0.4, 0.5) is 0 Å². The van der Waals surface area contributed by atoms with E-state index < -0.39 is 6.10 Å². The highest BCUT2D eigenvalue weighted by Gasteiger charge is 2.17. The summed E-state index contributed by atoms with van der Waals surface area (Å²) >= 11 is 0. The van der Waals surface area contributed by atoms with Gasteiger partial charge in [-0.2, -0.15) is 0 Å². The summed E-state index contributed by atoms with van der Waals surface area (Å²) in [5.41, 5.74) is 0. The van der Waals surface area contributed by atoms with Gasteiger partial charge in [-0.15, -0.1) is 0 Å². The zero-order chi connectivity index (χ0) is 47.7. The lowest BCUT2D eigenvalue weighted by molar-refractivity contribution is -0.162. The second kappa shape index (κ2) is 55.1. The smallest absolute Gasteiger partial charge is 0.306 e. The predicted octanol–water partition coefficient (Wildman–Crippen LogP) is 18.1. The molecule has 0 amide bonds. The van der Waals surface area contributed by atoms with Gasteiger partial charge >= 0.3 is 11.9 Å². The van der Waals surface area contributed by atoms with Crippen molar-refractivity contribution in [2.24, 2.45) is 0 Å². The topological polar surface area (TPSA) is 61.8 Å². The van der Waals surface area contributed by atoms with Crippen molar-refractivity contribution in [2.75, 3.05) is 19.8 Å². The van der Waals surface area contributed by atoms with Crippen LogP contribution in [0, 0.1) is 0 Å². The van der Waals surface area contributed by atoms with Crippen molar-refractivity contribution in [3.05, 3.63) is 146 Å². The highest BCUT2D eigenvalue weighted by molar-refractivity contribution is 5.70. The van der Waals surface area contributed by atoms with Gasteiger partial charge in [0.15, 0.2) is 6.10 Å². The molecule has 0 aromatic heterocycles. The van der Waals surface area contributed by atoms with Crippen LogP contribution in [0.2, 0.25) is 0 Å². The zero-order valence-corrected chi connectivity index (χ0v) is 42.4. The third kappa shape index (κ3) is 52.4. The first-order valence-electron chi connectivity index (χ1n) is 26.4. The van der Waals surface area contributed by atoms with Crippen molar-refractivity contribution < 1.29 is 23.8 Å². The number of hydrogen-bond acceptors (Lipinski definition) is 5. The molecule has 5 nitrogen and oxygen atoms in total. The number of ether oxygens (including phenoxy) is 3. The number of esters is 2. The van der Waals surface area contributed by atoms with Gasteiger partial charge in [-0.25, -0.2) is 0 Å². The third-order valence-electron chi connectivity index (χ3n) is 10.3. The molecule has 5 heteroatoms. The van der Waals surface area contributed by atoms with E-state index in [2.05, 4.69) is 167 Å². The van der Waals surface area contributed by atoms with Gasteiger partial charge < -0.3 is 14.2 Å². The molecule has 0 aliphatic carbocycles. The molecule has 66 heavy (non-hydrogen) atoms. The van der Waals surface area contributed by atoms with Gasteiger partial charge in [0.1, 0.15) is 6.61 Å². The Kier molecular flexibility index (Phi) is 51.6. The minimum Gasteiger partial charge on any atom is -0.462 e. The first-order chi connectivity index (χ1) is 32.6. The van der Waals surface area contributed by atoms with Crippen molar-refractivity contribution in [1.82, 2.24) is 0 Å². The fourth-order valence-electron chi connectivity index (χ4n) is 6.49. The van der Waals surface area contributed by atoms with Crippen LogP contribution in [0.3, 0.4) is 0 Å². The van der Waals surface area contributed by atoms with Gasteiger partial charge in [0.05, 0.1) is 6.61 Å². The number of carbonyl (C=O) groups excluding carboxylic acids is 2. The molecule has 0 spiro atoms. The second-order valence-corrected chi connectivity index (χ2v) is 16.7. The molecule has 0 bridgehead atoms. The van der Waals surface area contributed by atoms with E-state index >= 15 is 0 Å². The number of carbonyl (C=O) groups is 2. The van der Waals surface area contributed by atoms with Crippen LogP contribution in [-0.4, -0.2) is 37.9 Å². The largest absolute Gasteiger partial charge is 0.462 e. The van der Waals surface area contributed by atoms with E-state index in [-0.39, 0.29) is 25.2 Å². The molecule has 0 saturated heterocycles. The summed E-state index contributed by atoms with van der Waals surface area (Å²) in [6, 6.07) is 0. The second-order valence-electron chi connectivity index (χ2n) is 16.7. The average molecular weight is 909 g/mol. The number of hydrogen-bond donors (Lipinski definition) is 0. The Morgan fingerprint density at radius 2 is 0.697 bits per heavy atom. The van der Waals surface area contributed by atoms with Gasteiger partial charge in [0.25, 0.3) is 0 Å². The van der Waals surface area contributed by atoms with Crippen molar-refractivity contribution in [1.29, 1.82) is 0 Å². The lowest BCUT2D eigenvalue weighted by atomic mass is 10.1. The highest BCUT2D eigenvalue weighted by Crippen LogP contribution is 2.11. The maximum absolute atomic E-state index is 12.8. The lowest BCUT2D eigenvalue weighted by Gasteiger charge is -2.18. The Hall–Kier alpha value is -4.22. The number of allylic oxidation sites excluding steroid dienone is 24. The van der Waals surface area contributed by atoms with Gasteiger partial charge in [-0.05, 0) is 128 Å². The summed E-state index contributed by atoms with van der Waals surface area (Å²) < 4.78 is 17.3. The van der Waals surface area contributed by atoms with E-state index in [1.54, 1.807) is 0 Å². The molecule has 0 heterocycles. The molecule has 0 aliphatic heterocycles. The lowest BCUT2D eigenvalue weighted by Crippen LogP contribution is -2.30. The van der Waals surface area contributed by atoms with Gasteiger partial charge in [0, 0.05) is 19.4 Å². The monoisotopic (exact) mass is 909 g/mol. The molecule has 0 rings (SSSR count). The summed E-state index contributed by atoms with van der Waals surface area (Å²) in [6.45, 7) is 7.39. The Bertz CT molecular complexity index is 1450. The SMILES string of the molecule is CC/C=C\C/C=C\C/C=C\C/C=C\C/C=C\CCCCCC(=O)OCC(COCCCCCCCC/C=C\C/C=C\CCC)OC(=O)CCC/C=C\C/C=C\C/C=C\C/C=C\C/C=C\CC. The molecule has 0 N–H and O–H groups in total. The summed E-state index contributed by atoms with van der Waals surface area (Å²) in [4.78, 5) is 25.4. The maximum atomic E-state index is 12.8. The van der Waals surface area contributed by atoms with Crippen molar-refractivity contribution in [3.8, 4) is 0 Å². The molecule has 1 atom stereocenters. The van der Waals surface area contributed by atoms with E-state index in [0.717, 1.165) is 122 Å². The molecule has 0 aliphatic rings. The normalized spacial score (nSPS) is 13.4. The molecular weight excluding hydrogens is 813 g/mol. The predicted molar refractivity (Wildman–Crippen MR) is 288 cm³/mol. The van der Waals surface area contributed by atoms with Crippen molar-refractivity contribution in [2.45, 2.75) is 207 Å². The van der Waals surface area contributed by atoms with Crippen molar-refractivity contribution in [3.63, 3.8) is 0 Å². The minimum atomic E-state index is -0.597. The van der Waals surface area contributed by atoms with Crippen LogP contribution in [0.25, 0.3) is 0 Å². The van der Waals surface area contributed by atoms with E-state index in [1.165, 1.54) is 38.5 Å². The molecule has 0 saturated carbocycles. The van der Waals surface area contributed by atoms with Crippen LogP contribution in [0.5, 0.6) is 0 Å². The Morgan fingerprint density at radius 1 is 0.348 bits per heavy atom. The Morgan fingerprint density at radius 3 is 1.14 bits per heavy atom. The average Bonchev–Trinajstić information content (AvgIpc) is 3.32. The van der Waals surface area contributed by atoms with E-state index in [4.69, 9.17) is 14.2 Å². The van der Waals surface area contributed by atoms with Gasteiger partial charge in [-0.3, -0.25) is 9.59 Å². The first kappa shape index (κ1) is 61.8. The Labute approximate surface area is 406 Å². The molecular formula is C61H96O5. The third-order valence-corrected chi connectivity index (χ3v) is 10.3. The quantitative estimate of drug-likeness (QED) is 0.0346. The molecule has 370 valence electrons. The number of rotatable bonds is 46. The summed E-state index contributed by atoms with van der Waals surface area (Å²) in [5, 5.41) is 0. The van der Waals surface area contributed by atoms with Crippen LogP contribution < -0.4 is 0 Å². The fourth-order valence-corrected chi connectivity index (χ4v) is 6.49. The van der Waals surface area contributed by atoms with Crippen LogP contribution in [0.1, 0.15) is 201 Å². The number of unbranched alkanes of at least 4 members (excludes halogenated alkanes) is 11. The Balaban J connectivity index is 4.48. The summed E-state index contributed by atoms with van der Waals surface area (Å²) in [5.74, 6) is -0.520. The first-order valence-corrected chi connectivity index (χ1v) is 26.4. The molecule has 0 aromatic rings. The maximum Gasteiger partial charge on any atom is 0.306 e. The molecule has 0 radical (unpaired) electrons. The fraction of sp³-hybridized carbons (Fsp3) is 0.574. The van der Waals surface area contributed by atoms with Crippen LogP contribution >= 0.6 is 0 Å². The van der Waals surface area contributed by atoms with E-state index in [1.807, 2.05) is 0 Å². The summed E-state index contributed by atoms with van der Waals surface area (Å²) in [6.07, 6.45) is 80.0. The van der Waals surface area contributed by atoms with Crippen LogP contribution in [-0.2, 0) is 23.8 Å². The zero-order valence-electron chi connectivity index (χ0n) is 42.4. The highest BCUT2D eigenvalue weighted by atomic mass is 16.6. The molecule has 0 aromatic carbocycles.